The topological polar surface area (TPSA) is 55.1 Å². The Morgan fingerprint density at radius 3 is 2.71 bits per heavy atom. The van der Waals surface area contributed by atoms with E-state index in [1.165, 1.54) is 23.5 Å². The first-order chi connectivity index (χ1) is 11.3. The van der Waals surface area contributed by atoms with Crippen LogP contribution in [0.15, 0.2) is 47.2 Å². The highest BCUT2D eigenvalue weighted by molar-refractivity contribution is 7.15. The number of carbonyl (C=O) groups excluding carboxylic acids is 1. The average Bonchev–Trinajstić information content (AvgIpc) is 3.15. The Hall–Kier alpha value is -2.61. The Morgan fingerprint density at radius 2 is 2.04 bits per heavy atom. The largest absolute Gasteiger partial charge is 0.442 e. The van der Waals surface area contributed by atoms with Crippen molar-refractivity contribution in [2.24, 2.45) is 0 Å². The number of halogens is 3. The van der Waals surface area contributed by atoms with Gasteiger partial charge in [-0.1, -0.05) is 6.07 Å². The van der Waals surface area contributed by atoms with Crippen molar-refractivity contribution in [2.45, 2.75) is 13.1 Å². The van der Waals surface area contributed by atoms with E-state index in [9.17, 15) is 18.0 Å². The normalized spacial score (nSPS) is 11.5. The standard InChI is InChI=1S/C16H11F3N2O2S/c1-9-5-6-12(24-9)14-13(20-8-23-14)15(22)21-11-4-2-3-10(7-11)16(17,18)19/h2-8H,1H3,(H,21,22). The molecule has 4 nitrogen and oxygen atoms in total. The number of aryl methyl sites for hydroxylation is 1. The van der Waals surface area contributed by atoms with Gasteiger partial charge in [0.25, 0.3) is 5.91 Å². The first-order valence-electron chi connectivity index (χ1n) is 6.83. The van der Waals surface area contributed by atoms with Crippen LogP contribution in [0.1, 0.15) is 20.9 Å². The molecule has 0 saturated carbocycles. The fraction of sp³-hybridized carbons (Fsp3) is 0.125. The molecule has 0 fully saturated rings. The summed E-state index contributed by atoms with van der Waals surface area (Å²) in [6.45, 7) is 1.91. The number of carbonyl (C=O) groups is 1. The van der Waals surface area contributed by atoms with Crippen molar-refractivity contribution in [1.82, 2.24) is 4.98 Å². The number of rotatable bonds is 3. The van der Waals surface area contributed by atoms with Gasteiger partial charge in [-0.3, -0.25) is 4.79 Å². The molecule has 24 heavy (non-hydrogen) atoms. The van der Waals surface area contributed by atoms with Crippen LogP contribution < -0.4 is 5.32 Å². The van der Waals surface area contributed by atoms with Crippen molar-refractivity contribution in [3.8, 4) is 10.6 Å². The van der Waals surface area contributed by atoms with Crippen LogP contribution in [0.2, 0.25) is 0 Å². The van der Waals surface area contributed by atoms with E-state index in [0.717, 1.165) is 28.3 Å². The van der Waals surface area contributed by atoms with Crippen molar-refractivity contribution in [3.05, 3.63) is 58.9 Å². The van der Waals surface area contributed by atoms with Gasteiger partial charge < -0.3 is 9.73 Å². The number of aromatic nitrogens is 1. The van der Waals surface area contributed by atoms with Gasteiger partial charge in [0.1, 0.15) is 0 Å². The van der Waals surface area contributed by atoms with E-state index in [0.29, 0.717) is 0 Å². The number of nitrogens with one attached hydrogen (secondary N) is 1. The summed E-state index contributed by atoms with van der Waals surface area (Å²) in [5.74, 6) is -0.346. The van der Waals surface area contributed by atoms with Crippen molar-refractivity contribution in [2.75, 3.05) is 5.32 Å². The van der Waals surface area contributed by atoms with Crippen molar-refractivity contribution >= 4 is 22.9 Å². The van der Waals surface area contributed by atoms with Crippen LogP contribution in [0.4, 0.5) is 18.9 Å². The van der Waals surface area contributed by atoms with Gasteiger partial charge in [-0.05, 0) is 37.3 Å². The predicted octanol–water partition coefficient (Wildman–Crippen LogP) is 4.98. The summed E-state index contributed by atoms with van der Waals surface area (Å²) in [4.78, 5) is 18.0. The molecular formula is C16H11F3N2O2S. The second-order valence-corrected chi connectivity index (χ2v) is 6.26. The number of amides is 1. The van der Waals surface area contributed by atoms with E-state index in [2.05, 4.69) is 10.3 Å². The molecule has 1 aromatic carbocycles. The van der Waals surface area contributed by atoms with Gasteiger partial charge >= 0.3 is 6.18 Å². The minimum Gasteiger partial charge on any atom is -0.442 e. The number of nitrogens with zero attached hydrogens (tertiary/aromatic N) is 1. The maximum absolute atomic E-state index is 12.7. The molecule has 0 aliphatic heterocycles. The quantitative estimate of drug-likeness (QED) is 0.723. The Kier molecular flexibility index (Phi) is 4.15. The second kappa shape index (κ2) is 6.12. The molecule has 0 radical (unpaired) electrons. The molecule has 8 heteroatoms. The monoisotopic (exact) mass is 352 g/mol. The van der Waals surface area contributed by atoms with Gasteiger partial charge in [0.05, 0.1) is 10.4 Å². The zero-order valence-electron chi connectivity index (χ0n) is 12.3. The third-order valence-electron chi connectivity index (χ3n) is 3.19. The second-order valence-electron chi connectivity index (χ2n) is 4.97. The van der Waals surface area contributed by atoms with Crippen LogP contribution in [0.5, 0.6) is 0 Å². The van der Waals surface area contributed by atoms with E-state index in [-0.39, 0.29) is 17.1 Å². The predicted molar refractivity (Wildman–Crippen MR) is 84.0 cm³/mol. The Morgan fingerprint density at radius 1 is 1.25 bits per heavy atom. The molecule has 1 N–H and O–H groups in total. The Bertz CT molecular complexity index is 883. The number of hydrogen-bond donors (Lipinski definition) is 1. The molecule has 2 aromatic heterocycles. The summed E-state index contributed by atoms with van der Waals surface area (Å²) in [6, 6.07) is 8.07. The zero-order valence-corrected chi connectivity index (χ0v) is 13.2. The lowest BCUT2D eigenvalue weighted by atomic mass is 10.2. The van der Waals surface area contributed by atoms with Crippen molar-refractivity contribution in [1.29, 1.82) is 0 Å². The third kappa shape index (κ3) is 3.33. The molecule has 1 amide bonds. The molecule has 3 aromatic rings. The van der Waals surface area contributed by atoms with Crippen LogP contribution in [0.25, 0.3) is 10.6 Å². The zero-order chi connectivity index (χ0) is 17.3. The Labute approximate surface area is 139 Å². The molecule has 3 rings (SSSR count). The molecule has 0 unspecified atom stereocenters. The van der Waals surface area contributed by atoms with Crippen LogP contribution in [0, 0.1) is 6.92 Å². The number of alkyl halides is 3. The van der Waals surface area contributed by atoms with Gasteiger partial charge in [-0.25, -0.2) is 4.98 Å². The summed E-state index contributed by atoms with van der Waals surface area (Å²) in [5.41, 5.74) is -0.782. The lowest BCUT2D eigenvalue weighted by Crippen LogP contribution is -2.14. The fourth-order valence-electron chi connectivity index (χ4n) is 2.10. The summed E-state index contributed by atoms with van der Waals surface area (Å²) in [5, 5.41) is 2.42. The smallest absolute Gasteiger partial charge is 0.416 e. The third-order valence-corrected chi connectivity index (χ3v) is 4.19. The highest BCUT2D eigenvalue weighted by atomic mass is 32.1. The summed E-state index contributed by atoms with van der Waals surface area (Å²) < 4.78 is 43.4. The molecule has 2 heterocycles. The molecule has 0 spiro atoms. The molecule has 0 bridgehead atoms. The van der Waals surface area contributed by atoms with E-state index >= 15 is 0 Å². The highest BCUT2D eigenvalue weighted by Crippen LogP contribution is 2.32. The Balaban J connectivity index is 1.86. The van der Waals surface area contributed by atoms with Crippen LogP contribution in [-0.2, 0) is 6.18 Å². The molecule has 124 valence electrons. The van der Waals surface area contributed by atoms with Gasteiger partial charge in [0.15, 0.2) is 17.8 Å². The summed E-state index contributed by atoms with van der Waals surface area (Å²) in [6.07, 6.45) is -3.35. The SMILES string of the molecule is Cc1ccc(-c2ocnc2C(=O)Nc2cccc(C(F)(F)F)c2)s1. The molecule has 0 aliphatic rings. The first-order valence-corrected chi connectivity index (χ1v) is 7.65. The summed E-state index contributed by atoms with van der Waals surface area (Å²) >= 11 is 1.43. The number of hydrogen-bond acceptors (Lipinski definition) is 4. The van der Waals surface area contributed by atoms with Crippen LogP contribution >= 0.6 is 11.3 Å². The maximum atomic E-state index is 12.7. The molecule has 0 aliphatic carbocycles. The summed E-state index contributed by atoms with van der Waals surface area (Å²) in [7, 11) is 0. The van der Waals surface area contributed by atoms with Gasteiger partial charge in [-0.2, -0.15) is 13.2 Å². The highest BCUT2D eigenvalue weighted by Gasteiger charge is 2.30. The van der Waals surface area contributed by atoms with E-state index in [4.69, 9.17) is 4.42 Å². The van der Waals surface area contributed by atoms with Gasteiger partial charge in [0.2, 0.25) is 0 Å². The minimum atomic E-state index is -4.48. The van der Waals surface area contributed by atoms with Gasteiger partial charge in [-0.15, -0.1) is 11.3 Å². The fourth-order valence-corrected chi connectivity index (χ4v) is 2.96. The number of benzene rings is 1. The molecule has 0 atom stereocenters. The minimum absolute atomic E-state index is 0.0225. The van der Waals surface area contributed by atoms with Crippen molar-refractivity contribution in [3.63, 3.8) is 0 Å². The van der Waals surface area contributed by atoms with E-state index in [1.54, 1.807) is 6.07 Å². The number of oxazole rings is 1. The lowest BCUT2D eigenvalue weighted by Gasteiger charge is -2.09. The van der Waals surface area contributed by atoms with E-state index < -0.39 is 17.6 Å². The first kappa shape index (κ1) is 16.3. The lowest BCUT2D eigenvalue weighted by molar-refractivity contribution is -0.137. The number of thiophene rings is 1. The van der Waals surface area contributed by atoms with E-state index in [1.807, 2.05) is 13.0 Å². The molecule has 0 saturated heterocycles. The van der Waals surface area contributed by atoms with Gasteiger partial charge in [0, 0.05) is 10.6 Å². The number of anilines is 1. The van der Waals surface area contributed by atoms with Crippen LogP contribution in [-0.4, -0.2) is 10.9 Å². The van der Waals surface area contributed by atoms with Crippen molar-refractivity contribution < 1.29 is 22.4 Å². The maximum Gasteiger partial charge on any atom is 0.416 e. The van der Waals surface area contributed by atoms with Crippen LogP contribution in [0.3, 0.4) is 0 Å². The molecular weight excluding hydrogens is 341 g/mol. The average molecular weight is 352 g/mol.